The summed E-state index contributed by atoms with van der Waals surface area (Å²) in [5.41, 5.74) is 0.755. The van der Waals surface area contributed by atoms with E-state index in [0.717, 1.165) is 44.6 Å². The molecule has 162 valence electrons. The molecule has 0 aromatic carbocycles. The van der Waals surface area contributed by atoms with E-state index in [1.807, 2.05) is 37.9 Å². The van der Waals surface area contributed by atoms with Crippen LogP contribution in [-0.4, -0.2) is 40.7 Å². The van der Waals surface area contributed by atoms with Crippen LogP contribution in [0, 0.1) is 5.92 Å². The quantitative estimate of drug-likeness (QED) is 0.612. The molecule has 1 amide bonds. The first-order valence-electron chi connectivity index (χ1n) is 11.5. The fourth-order valence-electron chi connectivity index (χ4n) is 4.71. The highest BCUT2D eigenvalue weighted by Crippen LogP contribution is 2.34. The lowest BCUT2D eigenvalue weighted by Crippen LogP contribution is -2.45. The van der Waals surface area contributed by atoms with Crippen LogP contribution in [-0.2, 0) is 4.74 Å². The molecule has 0 unspecified atom stereocenters. The smallest absolute Gasteiger partial charge is 0.416 e. The minimum absolute atomic E-state index is 0.181. The minimum Gasteiger partial charge on any atom is -0.443 e. The summed E-state index contributed by atoms with van der Waals surface area (Å²) in [4.78, 5) is 22.2. The molecular formula is C24H39N3O2. The molecule has 5 heteroatoms. The molecule has 5 nitrogen and oxygen atoms in total. The van der Waals surface area contributed by atoms with E-state index in [1.54, 1.807) is 0 Å². The fourth-order valence-corrected chi connectivity index (χ4v) is 4.71. The lowest BCUT2D eigenvalue weighted by Gasteiger charge is -2.35. The lowest BCUT2D eigenvalue weighted by atomic mass is 9.94. The Bertz CT molecular complexity index is 660. The van der Waals surface area contributed by atoms with Crippen LogP contribution in [0.3, 0.4) is 0 Å². The van der Waals surface area contributed by atoms with Crippen molar-refractivity contribution < 1.29 is 9.53 Å². The second kappa shape index (κ2) is 9.46. The summed E-state index contributed by atoms with van der Waals surface area (Å²) in [5, 5.41) is 0. The van der Waals surface area contributed by atoms with Gasteiger partial charge in [0.25, 0.3) is 0 Å². The second-order valence-corrected chi connectivity index (χ2v) is 10.1. The van der Waals surface area contributed by atoms with Crippen molar-refractivity contribution in [2.75, 3.05) is 18.0 Å². The first kappa shape index (κ1) is 22.1. The Kier molecular flexibility index (Phi) is 7.20. The van der Waals surface area contributed by atoms with Gasteiger partial charge in [0.05, 0.1) is 0 Å². The van der Waals surface area contributed by atoms with E-state index in [2.05, 4.69) is 24.8 Å². The molecule has 1 saturated carbocycles. The lowest BCUT2D eigenvalue weighted by molar-refractivity contribution is 0.0556. The van der Waals surface area contributed by atoms with Crippen molar-refractivity contribution in [3.05, 3.63) is 23.9 Å². The first-order chi connectivity index (χ1) is 13.7. The van der Waals surface area contributed by atoms with Gasteiger partial charge in [0.2, 0.25) is 0 Å². The van der Waals surface area contributed by atoms with Crippen LogP contribution in [0.15, 0.2) is 18.3 Å². The van der Waals surface area contributed by atoms with Gasteiger partial charge < -0.3 is 4.74 Å². The highest BCUT2D eigenvalue weighted by atomic mass is 16.6. The maximum absolute atomic E-state index is 13.0. The zero-order valence-corrected chi connectivity index (χ0v) is 19.0. The number of likely N-dealkylation sites (tertiary alicyclic amines) is 1. The third-order valence-corrected chi connectivity index (χ3v) is 5.90. The van der Waals surface area contributed by atoms with Gasteiger partial charge in [-0.25, -0.2) is 9.78 Å². The fraction of sp³-hybridized carbons (Fsp3) is 0.750. The number of hydrogen-bond donors (Lipinski definition) is 0. The number of ether oxygens (including phenoxy) is 1. The van der Waals surface area contributed by atoms with Crippen LogP contribution >= 0.6 is 0 Å². The number of rotatable bonds is 5. The third kappa shape index (κ3) is 5.94. The van der Waals surface area contributed by atoms with E-state index in [-0.39, 0.29) is 12.1 Å². The Morgan fingerprint density at radius 2 is 1.90 bits per heavy atom. The number of hydrogen-bond acceptors (Lipinski definition) is 4. The minimum atomic E-state index is -0.509. The van der Waals surface area contributed by atoms with Crippen LogP contribution in [0.25, 0.3) is 0 Å². The molecule has 0 radical (unpaired) electrons. The Morgan fingerprint density at radius 1 is 1.17 bits per heavy atom. The van der Waals surface area contributed by atoms with Crippen LogP contribution in [0.2, 0.25) is 0 Å². The van der Waals surface area contributed by atoms with Gasteiger partial charge in [0, 0.05) is 24.8 Å². The number of pyridine rings is 1. The van der Waals surface area contributed by atoms with E-state index < -0.39 is 5.60 Å². The molecule has 1 saturated heterocycles. The molecule has 0 N–H and O–H groups in total. The van der Waals surface area contributed by atoms with Crippen LogP contribution in [0.1, 0.15) is 91.2 Å². The number of carbonyl (C=O) groups is 1. The third-order valence-electron chi connectivity index (χ3n) is 5.90. The number of amides is 1. The van der Waals surface area contributed by atoms with E-state index in [9.17, 15) is 4.79 Å². The maximum Gasteiger partial charge on any atom is 0.416 e. The van der Waals surface area contributed by atoms with Gasteiger partial charge in [-0.3, -0.25) is 9.80 Å². The van der Waals surface area contributed by atoms with Crippen molar-refractivity contribution >= 4 is 11.9 Å². The molecule has 1 atom stereocenters. The molecular weight excluding hydrogens is 362 g/mol. The Hall–Kier alpha value is -1.62. The molecule has 29 heavy (non-hydrogen) atoms. The summed E-state index contributed by atoms with van der Waals surface area (Å²) in [7, 11) is 0. The van der Waals surface area contributed by atoms with Gasteiger partial charge in [0.1, 0.15) is 11.4 Å². The molecule has 1 aromatic rings. The number of aromatic nitrogens is 1. The van der Waals surface area contributed by atoms with Gasteiger partial charge in [0.15, 0.2) is 0 Å². The maximum atomic E-state index is 13.0. The highest BCUT2D eigenvalue weighted by Gasteiger charge is 2.32. The van der Waals surface area contributed by atoms with E-state index in [4.69, 9.17) is 9.72 Å². The Labute approximate surface area is 176 Å². The molecule has 0 spiro atoms. The highest BCUT2D eigenvalue weighted by molar-refractivity contribution is 5.87. The first-order valence-corrected chi connectivity index (χ1v) is 11.5. The predicted molar refractivity (Wildman–Crippen MR) is 118 cm³/mol. The summed E-state index contributed by atoms with van der Waals surface area (Å²) in [6, 6.07) is 4.83. The second-order valence-electron chi connectivity index (χ2n) is 10.1. The van der Waals surface area contributed by atoms with Crippen molar-refractivity contribution in [1.82, 2.24) is 9.88 Å². The van der Waals surface area contributed by atoms with Crippen molar-refractivity contribution in [1.29, 1.82) is 0 Å². The largest absolute Gasteiger partial charge is 0.443 e. The molecule has 0 bridgehead atoms. The molecule has 1 aromatic heterocycles. The summed E-state index contributed by atoms with van der Waals surface area (Å²) < 4.78 is 5.74. The van der Waals surface area contributed by atoms with Crippen LogP contribution < -0.4 is 4.90 Å². The summed E-state index contributed by atoms with van der Waals surface area (Å²) in [6.45, 7) is 12.6. The molecule has 2 fully saturated rings. The van der Waals surface area contributed by atoms with E-state index in [0.29, 0.717) is 12.0 Å². The average Bonchev–Trinajstić information content (AvgIpc) is 3.09. The topological polar surface area (TPSA) is 45.7 Å². The van der Waals surface area contributed by atoms with Gasteiger partial charge in [-0.2, -0.15) is 0 Å². The monoisotopic (exact) mass is 401 g/mol. The molecule has 2 heterocycles. The van der Waals surface area contributed by atoms with E-state index >= 15 is 0 Å². The summed E-state index contributed by atoms with van der Waals surface area (Å²) in [5.74, 6) is 1.39. The van der Waals surface area contributed by atoms with E-state index in [1.165, 1.54) is 24.8 Å². The molecule has 2 aliphatic rings. The SMILES string of the molecule is CC(C)CN1CCC[C@H]1c1ccc(N(C(=O)OC(C)(C)C)C2CCCCC2)nc1. The van der Waals surface area contributed by atoms with Gasteiger partial charge in [-0.15, -0.1) is 0 Å². The Balaban J connectivity index is 1.80. The number of anilines is 1. The number of carbonyl (C=O) groups excluding carboxylic acids is 1. The summed E-state index contributed by atoms with van der Waals surface area (Å²) >= 11 is 0. The predicted octanol–water partition coefficient (Wildman–Crippen LogP) is 5.95. The Morgan fingerprint density at radius 3 is 2.48 bits per heavy atom. The van der Waals surface area contributed by atoms with Crippen molar-refractivity contribution in [2.45, 2.75) is 97.2 Å². The van der Waals surface area contributed by atoms with Gasteiger partial charge in [-0.1, -0.05) is 39.2 Å². The standard InChI is InChI=1S/C24H39N3O2/c1-18(2)17-26-15-9-12-21(26)19-13-14-22(25-16-19)27(20-10-7-6-8-11-20)23(28)29-24(3,4)5/h13-14,16,18,20-21H,6-12,15,17H2,1-5H3/t21-/m0/s1. The zero-order valence-electron chi connectivity index (χ0n) is 19.0. The molecule has 3 rings (SSSR count). The average molecular weight is 402 g/mol. The van der Waals surface area contributed by atoms with Crippen LogP contribution in [0.5, 0.6) is 0 Å². The molecule has 1 aliphatic carbocycles. The van der Waals surface area contributed by atoms with Crippen molar-refractivity contribution in [2.24, 2.45) is 5.92 Å². The van der Waals surface area contributed by atoms with Gasteiger partial charge in [-0.05, 0) is 70.5 Å². The normalized spacial score (nSPS) is 21.5. The van der Waals surface area contributed by atoms with Crippen molar-refractivity contribution in [3.8, 4) is 0 Å². The van der Waals surface area contributed by atoms with Crippen molar-refractivity contribution in [3.63, 3.8) is 0 Å². The zero-order chi connectivity index (χ0) is 21.0. The number of nitrogens with zero attached hydrogens (tertiary/aromatic N) is 3. The molecule has 1 aliphatic heterocycles. The van der Waals surface area contributed by atoms with Gasteiger partial charge >= 0.3 is 6.09 Å². The van der Waals surface area contributed by atoms with Crippen LogP contribution in [0.4, 0.5) is 10.6 Å². The summed E-state index contributed by atoms with van der Waals surface area (Å²) in [6.07, 6.45) is 9.75.